The molecule has 0 aromatic rings. The van der Waals surface area contributed by atoms with Crippen LogP contribution in [0.3, 0.4) is 0 Å². The van der Waals surface area contributed by atoms with Gasteiger partial charge in [-0.1, -0.05) is 0 Å². The third-order valence-electron chi connectivity index (χ3n) is 1.28. The quantitative estimate of drug-likeness (QED) is 0.449. The molecule has 0 spiro atoms. The second-order valence-electron chi connectivity index (χ2n) is 2.02. The van der Waals surface area contributed by atoms with Crippen molar-refractivity contribution in [1.82, 2.24) is 5.48 Å². The van der Waals surface area contributed by atoms with Gasteiger partial charge in [-0.25, -0.2) is 5.48 Å². The van der Waals surface area contributed by atoms with Gasteiger partial charge in [0.05, 0.1) is 6.61 Å². The van der Waals surface area contributed by atoms with Crippen LogP contribution >= 0.6 is 11.8 Å². The fraction of sp³-hybridized carbons (Fsp3) is 0.500. The van der Waals surface area contributed by atoms with Gasteiger partial charge < -0.3 is 4.74 Å². The van der Waals surface area contributed by atoms with Crippen LogP contribution in [-0.2, 0) is 9.53 Å². The Kier molecular flexibility index (Phi) is 2.78. The summed E-state index contributed by atoms with van der Waals surface area (Å²) < 4.78 is 5.10. The van der Waals surface area contributed by atoms with E-state index >= 15 is 0 Å². The SMILES string of the molecule is CC1=C(C(=O)NO)SCCO1. The highest BCUT2D eigenvalue weighted by Crippen LogP contribution is 2.24. The maximum absolute atomic E-state index is 10.9. The normalized spacial score (nSPS) is 17.6. The van der Waals surface area contributed by atoms with Crippen LogP contribution in [0, 0.1) is 0 Å². The molecule has 1 amide bonds. The molecule has 1 aliphatic heterocycles. The number of carbonyl (C=O) groups is 1. The second-order valence-corrected chi connectivity index (χ2v) is 3.13. The fourth-order valence-corrected chi connectivity index (χ4v) is 1.59. The molecule has 0 saturated heterocycles. The van der Waals surface area contributed by atoms with Crippen molar-refractivity contribution < 1.29 is 14.7 Å². The Bertz CT molecular complexity index is 202. The summed E-state index contributed by atoms with van der Waals surface area (Å²) in [7, 11) is 0. The van der Waals surface area contributed by atoms with Crippen molar-refractivity contribution >= 4 is 17.7 Å². The lowest BCUT2D eigenvalue weighted by molar-refractivity contribution is -0.124. The molecule has 2 N–H and O–H groups in total. The molecule has 1 rings (SSSR count). The van der Waals surface area contributed by atoms with Crippen LogP contribution in [-0.4, -0.2) is 23.5 Å². The number of allylic oxidation sites excluding steroid dienone is 1. The Hall–Kier alpha value is -0.680. The zero-order valence-corrected chi connectivity index (χ0v) is 6.90. The molecule has 0 saturated carbocycles. The van der Waals surface area contributed by atoms with Gasteiger partial charge in [0.1, 0.15) is 10.7 Å². The molecule has 1 aliphatic rings. The van der Waals surface area contributed by atoms with Gasteiger partial charge in [0.15, 0.2) is 0 Å². The number of hydrogen-bond acceptors (Lipinski definition) is 4. The van der Waals surface area contributed by atoms with E-state index in [0.29, 0.717) is 17.3 Å². The first-order valence-corrected chi connectivity index (χ1v) is 4.15. The molecule has 0 bridgehead atoms. The highest BCUT2D eigenvalue weighted by Gasteiger charge is 2.17. The van der Waals surface area contributed by atoms with Gasteiger partial charge >= 0.3 is 0 Å². The Balaban J connectivity index is 2.74. The van der Waals surface area contributed by atoms with Gasteiger partial charge in [0.25, 0.3) is 5.91 Å². The number of carbonyl (C=O) groups excluding carboxylic acids is 1. The monoisotopic (exact) mass is 175 g/mol. The first kappa shape index (κ1) is 8.42. The molecule has 0 fully saturated rings. The number of thioether (sulfide) groups is 1. The number of nitrogens with one attached hydrogen (secondary N) is 1. The summed E-state index contributed by atoms with van der Waals surface area (Å²) in [5, 5.41) is 8.30. The van der Waals surface area contributed by atoms with Gasteiger partial charge in [-0.3, -0.25) is 10.0 Å². The zero-order chi connectivity index (χ0) is 8.27. The summed E-state index contributed by atoms with van der Waals surface area (Å²) in [5.74, 6) is 0.833. The summed E-state index contributed by atoms with van der Waals surface area (Å²) in [6.45, 7) is 2.33. The van der Waals surface area contributed by atoms with E-state index in [2.05, 4.69) is 0 Å². The van der Waals surface area contributed by atoms with Crippen molar-refractivity contribution in [2.45, 2.75) is 6.92 Å². The highest BCUT2D eigenvalue weighted by molar-refractivity contribution is 8.04. The molecule has 0 aliphatic carbocycles. The van der Waals surface area contributed by atoms with Crippen molar-refractivity contribution in [3.05, 3.63) is 10.7 Å². The molecule has 11 heavy (non-hydrogen) atoms. The second kappa shape index (κ2) is 3.64. The van der Waals surface area contributed by atoms with Gasteiger partial charge in [-0.15, -0.1) is 11.8 Å². The number of rotatable bonds is 1. The maximum Gasteiger partial charge on any atom is 0.284 e. The Morgan fingerprint density at radius 3 is 3.09 bits per heavy atom. The Morgan fingerprint density at radius 1 is 1.82 bits per heavy atom. The van der Waals surface area contributed by atoms with Crippen LogP contribution < -0.4 is 5.48 Å². The third-order valence-corrected chi connectivity index (χ3v) is 2.41. The van der Waals surface area contributed by atoms with Crippen LogP contribution in [0.1, 0.15) is 6.92 Å². The van der Waals surface area contributed by atoms with Crippen LogP contribution in [0.5, 0.6) is 0 Å². The van der Waals surface area contributed by atoms with E-state index in [4.69, 9.17) is 9.94 Å². The summed E-state index contributed by atoms with van der Waals surface area (Å²) in [4.78, 5) is 11.3. The molecule has 0 atom stereocenters. The van der Waals surface area contributed by atoms with Crippen molar-refractivity contribution in [3.63, 3.8) is 0 Å². The Labute approximate surface area is 68.6 Å². The number of hydrogen-bond donors (Lipinski definition) is 2. The molecule has 0 aromatic heterocycles. The van der Waals surface area contributed by atoms with Crippen molar-refractivity contribution in [3.8, 4) is 0 Å². The average molecular weight is 175 g/mol. The van der Waals surface area contributed by atoms with Crippen molar-refractivity contribution in [2.24, 2.45) is 0 Å². The lowest BCUT2D eigenvalue weighted by atomic mass is 10.4. The topological polar surface area (TPSA) is 58.6 Å². The first-order valence-electron chi connectivity index (χ1n) is 3.16. The Morgan fingerprint density at radius 2 is 2.55 bits per heavy atom. The van der Waals surface area contributed by atoms with E-state index in [-0.39, 0.29) is 0 Å². The number of hydroxylamine groups is 1. The third kappa shape index (κ3) is 1.87. The van der Waals surface area contributed by atoms with Gasteiger partial charge in [-0.05, 0) is 6.92 Å². The van der Waals surface area contributed by atoms with E-state index in [1.165, 1.54) is 11.8 Å². The smallest absolute Gasteiger partial charge is 0.284 e. The fourth-order valence-electron chi connectivity index (χ4n) is 0.782. The molecular weight excluding hydrogens is 166 g/mol. The summed E-state index contributed by atoms with van der Waals surface area (Å²) >= 11 is 1.39. The van der Waals surface area contributed by atoms with E-state index in [1.807, 2.05) is 0 Å². The van der Waals surface area contributed by atoms with Crippen LogP contribution in [0.2, 0.25) is 0 Å². The molecule has 0 aromatic carbocycles. The van der Waals surface area contributed by atoms with Gasteiger partial charge in [0, 0.05) is 5.75 Å². The van der Waals surface area contributed by atoms with Gasteiger partial charge in [-0.2, -0.15) is 0 Å². The zero-order valence-electron chi connectivity index (χ0n) is 6.09. The number of amides is 1. The lowest BCUT2D eigenvalue weighted by Crippen LogP contribution is -2.23. The largest absolute Gasteiger partial charge is 0.496 e. The van der Waals surface area contributed by atoms with Crippen LogP contribution in [0.25, 0.3) is 0 Å². The first-order chi connectivity index (χ1) is 5.25. The van der Waals surface area contributed by atoms with E-state index < -0.39 is 5.91 Å². The molecule has 5 heteroatoms. The maximum atomic E-state index is 10.9. The predicted octanol–water partition coefficient (Wildman–Crippen LogP) is 0.487. The molecule has 62 valence electrons. The minimum atomic E-state index is -0.493. The average Bonchev–Trinajstić information content (AvgIpc) is 2.04. The highest BCUT2D eigenvalue weighted by atomic mass is 32.2. The standard InChI is InChI=1S/C6H9NO3S/c1-4-5(6(8)7-9)11-3-2-10-4/h9H,2-3H2,1H3,(H,7,8). The summed E-state index contributed by atoms with van der Waals surface area (Å²) in [6, 6.07) is 0. The molecule has 0 unspecified atom stereocenters. The van der Waals surface area contributed by atoms with Crippen LogP contribution in [0.15, 0.2) is 10.7 Å². The van der Waals surface area contributed by atoms with Gasteiger partial charge in [0.2, 0.25) is 0 Å². The van der Waals surface area contributed by atoms with Crippen molar-refractivity contribution in [2.75, 3.05) is 12.4 Å². The summed E-state index contributed by atoms with van der Waals surface area (Å²) in [6.07, 6.45) is 0. The minimum absolute atomic E-state index is 0.457. The van der Waals surface area contributed by atoms with E-state index in [0.717, 1.165) is 5.75 Å². The van der Waals surface area contributed by atoms with Crippen LogP contribution in [0.4, 0.5) is 0 Å². The molecule has 4 nitrogen and oxygen atoms in total. The van der Waals surface area contributed by atoms with E-state index in [1.54, 1.807) is 12.4 Å². The lowest BCUT2D eigenvalue weighted by Gasteiger charge is -2.16. The summed E-state index contributed by atoms with van der Waals surface area (Å²) in [5.41, 5.74) is 1.57. The number of ether oxygens (including phenoxy) is 1. The molecule has 1 heterocycles. The predicted molar refractivity (Wildman–Crippen MR) is 41.0 cm³/mol. The molecular formula is C6H9NO3S. The van der Waals surface area contributed by atoms with E-state index in [9.17, 15) is 4.79 Å². The minimum Gasteiger partial charge on any atom is -0.496 e. The molecule has 0 radical (unpaired) electrons. The van der Waals surface area contributed by atoms with Crippen molar-refractivity contribution in [1.29, 1.82) is 0 Å².